The van der Waals surface area contributed by atoms with Gasteiger partial charge in [-0.15, -0.1) is 0 Å². The van der Waals surface area contributed by atoms with Crippen molar-refractivity contribution >= 4 is 17.4 Å². The van der Waals surface area contributed by atoms with Crippen LogP contribution in [0, 0.1) is 6.92 Å². The largest absolute Gasteiger partial charge is 0.494 e. The molecule has 0 radical (unpaired) electrons. The molecule has 0 spiro atoms. The molecule has 2 rings (SSSR count). The molecular weight excluding hydrogens is 254 g/mol. The second-order valence-electron chi connectivity index (χ2n) is 4.63. The summed E-state index contributed by atoms with van der Waals surface area (Å²) in [4.78, 5) is 23.8. The molecule has 0 aromatic heterocycles. The third kappa shape index (κ3) is 3.35. The number of carbonyl (C=O) groups is 2. The van der Waals surface area contributed by atoms with Gasteiger partial charge in [0.25, 0.3) is 5.91 Å². The molecule has 0 fully saturated rings. The number of para-hydroxylation sites is 1. The van der Waals surface area contributed by atoms with Crippen LogP contribution in [0.5, 0.6) is 0 Å². The Morgan fingerprint density at radius 1 is 1.30 bits per heavy atom. The van der Waals surface area contributed by atoms with Crippen molar-refractivity contribution in [3.8, 4) is 0 Å². The Bertz CT molecular complexity index is 599. The first-order valence-corrected chi connectivity index (χ1v) is 6.50. The number of ketones is 1. The van der Waals surface area contributed by atoms with Crippen molar-refractivity contribution in [2.24, 2.45) is 0 Å². The second-order valence-corrected chi connectivity index (χ2v) is 4.63. The molecule has 1 aliphatic rings. The lowest BCUT2D eigenvalue weighted by Crippen LogP contribution is -2.19. The van der Waals surface area contributed by atoms with Crippen LogP contribution in [0.15, 0.2) is 47.7 Å². The highest BCUT2D eigenvalue weighted by molar-refractivity contribution is 6.23. The maximum Gasteiger partial charge on any atom is 0.259 e. The molecule has 0 aliphatic carbocycles. The minimum atomic E-state index is -0.414. The van der Waals surface area contributed by atoms with Crippen LogP contribution in [0.1, 0.15) is 18.9 Å². The van der Waals surface area contributed by atoms with E-state index in [1.807, 2.05) is 31.2 Å². The summed E-state index contributed by atoms with van der Waals surface area (Å²) in [6, 6.07) is 7.43. The fourth-order valence-corrected chi connectivity index (χ4v) is 1.91. The quantitative estimate of drug-likeness (QED) is 0.520. The van der Waals surface area contributed by atoms with Gasteiger partial charge in [-0.05, 0) is 37.6 Å². The van der Waals surface area contributed by atoms with Gasteiger partial charge in [-0.1, -0.05) is 18.2 Å². The van der Waals surface area contributed by atoms with Gasteiger partial charge >= 0.3 is 0 Å². The molecule has 1 amide bonds. The molecule has 0 bridgehead atoms. The van der Waals surface area contributed by atoms with Gasteiger partial charge in [0.05, 0.1) is 12.2 Å². The van der Waals surface area contributed by atoms with Crippen molar-refractivity contribution in [2.75, 3.05) is 11.9 Å². The minimum absolute atomic E-state index is 0.0985. The predicted octanol–water partition coefficient (Wildman–Crippen LogP) is 2.75. The van der Waals surface area contributed by atoms with Crippen LogP contribution < -0.4 is 5.32 Å². The van der Waals surface area contributed by atoms with Crippen molar-refractivity contribution in [3.05, 3.63) is 53.3 Å². The number of carbonyl (C=O) groups excluding carboxylic acids is 2. The summed E-state index contributed by atoms with van der Waals surface area (Å²) in [7, 11) is 0. The second kappa shape index (κ2) is 6.19. The van der Waals surface area contributed by atoms with Crippen molar-refractivity contribution < 1.29 is 14.3 Å². The standard InChI is InChI=1S/C16H17NO3/c1-11-6-3-4-8-15(11)17-16(19)14(12(2)18)10-13-7-5-9-20-13/h3-4,6-8,10H,5,9H2,1-2H3,(H,17,19). The first-order chi connectivity index (χ1) is 9.58. The van der Waals surface area contributed by atoms with Gasteiger partial charge in [0, 0.05) is 12.1 Å². The lowest BCUT2D eigenvalue weighted by molar-refractivity contribution is -0.118. The average molecular weight is 271 g/mol. The predicted molar refractivity (Wildman–Crippen MR) is 77.2 cm³/mol. The van der Waals surface area contributed by atoms with E-state index in [1.54, 1.807) is 6.07 Å². The molecular formula is C16H17NO3. The van der Waals surface area contributed by atoms with E-state index in [1.165, 1.54) is 13.0 Å². The topological polar surface area (TPSA) is 55.4 Å². The number of amides is 1. The Balaban J connectivity index is 2.20. The van der Waals surface area contributed by atoms with Gasteiger partial charge in [0.15, 0.2) is 5.78 Å². The van der Waals surface area contributed by atoms with Crippen LogP contribution in [0.25, 0.3) is 0 Å². The molecule has 4 heteroatoms. The zero-order valence-corrected chi connectivity index (χ0v) is 11.6. The molecule has 104 valence electrons. The van der Waals surface area contributed by atoms with Gasteiger partial charge in [0.2, 0.25) is 0 Å². The third-order valence-corrected chi connectivity index (χ3v) is 3.04. The number of ether oxygens (including phenoxy) is 1. The maximum absolute atomic E-state index is 12.2. The van der Waals surface area contributed by atoms with Crippen molar-refractivity contribution in [2.45, 2.75) is 20.3 Å². The number of Topliss-reactive ketones (excluding diaryl/α,β-unsaturated/α-hetero) is 1. The van der Waals surface area contributed by atoms with Crippen LogP contribution >= 0.6 is 0 Å². The molecule has 0 saturated heterocycles. The van der Waals surface area contributed by atoms with E-state index in [9.17, 15) is 9.59 Å². The number of nitrogens with one attached hydrogen (secondary N) is 1. The molecule has 1 heterocycles. The first kappa shape index (κ1) is 14.1. The molecule has 1 aromatic carbocycles. The molecule has 1 N–H and O–H groups in total. The van der Waals surface area contributed by atoms with Gasteiger partial charge in [0.1, 0.15) is 5.76 Å². The Labute approximate surface area is 118 Å². The van der Waals surface area contributed by atoms with Gasteiger partial charge in [-0.3, -0.25) is 9.59 Å². The Hall–Kier alpha value is -2.36. The zero-order valence-electron chi connectivity index (χ0n) is 11.6. The highest BCUT2D eigenvalue weighted by Gasteiger charge is 2.17. The van der Waals surface area contributed by atoms with E-state index < -0.39 is 5.91 Å². The summed E-state index contributed by atoms with van der Waals surface area (Å²) >= 11 is 0. The number of hydrogen-bond donors (Lipinski definition) is 1. The molecule has 1 aromatic rings. The smallest absolute Gasteiger partial charge is 0.259 e. The third-order valence-electron chi connectivity index (χ3n) is 3.04. The van der Waals surface area contributed by atoms with Crippen LogP contribution in [0.2, 0.25) is 0 Å². The normalized spacial score (nSPS) is 14.5. The van der Waals surface area contributed by atoms with Gasteiger partial charge in [-0.25, -0.2) is 0 Å². The zero-order chi connectivity index (χ0) is 14.5. The van der Waals surface area contributed by atoms with Crippen molar-refractivity contribution in [1.29, 1.82) is 0 Å². The number of aryl methyl sites for hydroxylation is 1. The Morgan fingerprint density at radius 3 is 2.65 bits per heavy atom. The summed E-state index contributed by atoms with van der Waals surface area (Å²) < 4.78 is 5.31. The lowest BCUT2D eigenvalue weighted by Gasteiger charge is -2.09. The molecule has 1 aliphatic heterocycles. The van der Waals surface area contributed by atoms with E-state index in [0.717, 1.165) is 12.0 Å². The molecule has 0 unspecified atom stereocenters. The molecule has 20 heavy (non-hydrogen) atoms. The van der Waals surface area contributed by atoms with Crippen molar-refractivity contribution in [1.82, 2.24) is 0 Å². The molecule has 0 saturated carbocycles. The average Bonchev–Trinajstić information content (AvgIpc) is 2.91. The summed E-state index contributed by atoms with van der Waals surface area (Å²) in [6.45, 7) is 3.87. The van der Waals surface area contributed by atoms with E-state index >= 15 is 0 Å². The van der Waals surface area contributed by atoms with Crippen LogP contribution in [-0.2, 0) is 14.3 Å². The summed E-state index contributed by atoms with van der Waals surface area (Å²) in [5, 5.41) is 2.75. The van der Waals surface area contributed by atoms with Crippen LogP contribution in [0.3, 0.4) is 0 Å². The molecule has 0 atom stereocenters. The van der Waals surface area contributed by atoms with Gasteiger partial charge in [-0.2, -0.15) is 0 Å². The number of allylic oxidation sites excluding steroid dienone is 1. The number of hydrogen-bond acceptors (Lipinski definition) is 3. The lowest BCUT2D eigenvalue weighted by atomic mass is 10.1. The minimum Gasteiger partial charge on any atom is -0.494 e. The Morgan fingerprint density at radius 2 is 2.05 bits per heavy atom. The van der Waals surface area contributed by atoms with Crippen LogP contribution in [-0.4, -0.2) is 18.3 Å². The fraction of sp³-hybridized carbons (Fsp3) is 0.250. The highest BCUT2D eigenvalue weighted by Crippen LogP contribution is 2.17. The number of anilines is 1. The highest BCUT2D eigenvalue weighted by atomic mass is 16.5. The molecule has 4 nitrogen and oxygen atoms in total. The van der Waals surface area contributed by atoms with Crippen molar-refractivity contribution in [3.63, 3.8) is 0 Å². The van der Waals surface area contributed by atoms with E-state index in [-0.39, 0.29) is 11.4 Å². The SMILES string of the molecule is CC(=O)C(=CC1=CCCO1)C(=O)Nc1ccccc1C. The van der Waals surface area contributed by atoms with Crippen LogP contribution in [0.4, 0.5) is 5.69 Å². The van der Waals surface area contributed by atoms with Gasteiger partial charge < -0.3 is 10.1 Å². The summed E-state index contributed by atoms with van der Waals surface area (Å²) in [5.41, 5.74) is 1.74. The number of rotatable bonds is 4. The monoisotopic (exact) mass is 271 g/mol. The fourth-order valence-electron chi connectivity index (χ4n) is 1.91. The summed E-state index contributed by atoms with van der Waals surface area (Å²) in [5.74, 6) is -0.120. The van der Waals surface area contributed by atoms with E-state index in [4.69, 9.17) is 4.74 Å². The maximum atomic E-state index is 12.2. The van der Waals surface area contributed by atoms with E-state index in [2.05, 4.69) is 5.32 Å². The summed E-state index contributed by atoms with van der Waals surface area (Å²) in [6.07, 6.45) is 4.17. The first-order valence-electron chi connectivity index (χ1n) is 6.50. The number of benzene rings is 1. The van der Waals surface area contributed by atoms with E-state index in [0.29, 0.717) is 18.1 Å². The Kier molecular flexibility index (Phi) is 4.35.